The maximum Gasteiger partial charge on any atom is 0.249 e. The van der Waals surface area contributed by atoms with E-state index in [9.17, 15) is 25.2 Å². The first-order valence-corrected chi connectivity index (χ1v) is 15.2. The van der Waals surface area contributed by atoms with Gasteiger partial charge in [-0.2, -0.15) is 0 Å². The van der Waals surface area contributed by atoms with E-state index in [-0.39, 0.29) is 50.6 Å². The molecule has 4 aliphatic rings. The Balaban J connectivity index is 1.58. The third-order valence-electron chi connectivity index (χ3n) is 9.00. The van der Waals surface area contributed by atoms with Crippen LogP contribution < -0.4 is 44.2 Å². The maximum atomic E-state index is 13.0. The van der Waals surface area contributed by atoms with Crippen molar-refractivity contribution in [3.63, 3.8) is 0 Å². The Morgan fingerprint density at radius 2 is 2.00 bits per heavy atom. The molecule has 3 heterocycles. The smallest absolute Gasteiger partial charge is 0.249 e. The highest BCUT2D eigenvalue weighted by atomic mass is 16.7. The molecule has 0 spiro atoms. The highest BCUT2D eigenvalue weighted by molar-refractivity contribution is 5.81. The summed E-state index contributed by atoms with van der Waals surface area (Å²) >= 11 is 0. The molecule has 1 amide bonds. The van der Waals surface area contributed by atoms with Crippen LogP contribution in [0.15, 0.2) is 16.8 Å². The lowest BCUT2D eigenvalue weighted by molar-refractivity contribution is -0.297. The van der Waals surface area contributed by atoms with Crippen LogP contribution in [0.3, 0.4) is 0 Å². The van der Waals surface area contributed by atoms with Crippen LogP contribution in [0.1, 0.15) is 26.2 Å². The van der Waals surface area contributed by atoms with Gasteiger partial charge in [-0.1, -0.05) is 0 Å². The second-order valence-electron chi connectivity index (χ2n) is 12.4. The Morgan fingerprint density at radius 3 is 2.61 bits per heavy atom. The number of carbonyl (C=O) groups excluding carboxylic acids is 1. The van der Waals surface area contributed by atoms with Gasteiger partial charge in [0.05, 0.1) is 31.3 Å². The number of nitrogens with zero attached hydrogens (tertiary/aromatic N) is 1. The van der Waals surface area contributed by atoms with Gasteiger partial charge in [-0.3, -0.25) is 9.79 Å². The molecule has 16 N–H and O–H groups in total. The van der Waals surface area contributed by atoms with Crippen molar-refractivity contribution < 1.29 is 39.4 Å². The largest absolute Gasteiger partial charge is 0.492 e. The molecule has 3 fully saturated rings. The van der Waals surface area contributed by atoms with Crippen molar-refractivity contribution in [1.29, 1.82) is 0 Å². The number of nitrogens with two attached hydrogens (primary N) is 4. The molecule has 3 aliphatic heterocycles. The van der Waals surface area contributed by atoms with Gasteiger partial charge in [0, 0.05) is 50.1 Å². The summed E-state index contributed by atoms with van der Waals surface area (Å²) in [5, 5.41) is 56.7. The van der Waals surface area contributed by atoms with E-state index in [0.717, 1.165) is 13.1 Å². The van der Waals surface area contributed by atoms with E-state index in [1.807, 2.05) is 6.08 Å². The van der Waals surface area contributed by atoms with Crippen molar-refractivity contribution in [3.05, 3.63) is 11.8 Å². The van der Waals surface area contributed by atoms with Crippen LogP contribution in [0.5, 0.6) is 0 Å². The van der Waals surface area contributed by atoms with Gasteiger partial charge in [-0.05, 0) is 32.9 Å². The summed E-state index contributed by atoms with van der Waals surface area (Å²) in [6, 6.07) is -2.32. The van der Waals surface area contributed by atoms with Crippen LogP contribution in [0.25, 0.3) is 0 Å². The number of likely N-dealkylation sites (N-methyl/N-ethyl adjacent to an activating group) is 1. The molecule has 0 aromatic heterocycles. The molecule has 0 bridgehead atoms. The topological polar surface area (TPSA) is 290 Å². The molecular formula is C27H51N9O8. The first-order valence-electron chi connectivity index (χ1n) is 15.2. The number of rotatable bonds is 12. The molecular weight excluding hydrogens is 578 g/mol. The molecule has 12 atom stereocenters. The predicted molar refractivity (Wildman–Crippen MR) is 160 cm³/mol. The number of amides is 1. The standard InChI is InChI=1S/C27H51N9O8/c1-27(41)11-42-25(20(39)23(27)32-2)44-22-16(36-24(40)17(37)5-6-34-26(30)31)7-14(29)18(19(22)38)21-15(35-12-9-33-10-12)4-3-13(8-28)43-21/h3,12,14-23,25,32-33,35,37-39,41H,4-11,28-29H2,1-2H3,(H,36,40)(H4,30,31,34). The average Bonchev–Trinajstić information content (AvgIpc) is 2.94. The minimum absolute atomic E-state index is 0.0279. The first-order chi connectivity index (χ1) is 20.9. The monoisotopic (exact) mass is 629 g/mol. The zero-order valence-corrected chi connectivity index (χ0v) is 25.3. The Morgan fingerprint density at radius 1 is 1.27 bits per heavy atom. The highest BCUT2D eigenvalue weighted by Gasteiger charge is 2.54. The van der Waals surface area contributed by atoms with Crippen LogP contribution in [0.2, 0.25) is 0 Å². The fraction of sp³-hybridized carbons (Fsp3) is 0.852. The van der Waals surface area contributed by atoms with Crippen molar-refractivity contribution in [2.24, 2.45) is 33.8 Å². The average molecular weight is 630 g/mol. The van der Waals surface area contributed by atoms with Gasteiger partial charge < -0.3 is 78.8 Å². The van der Waals surface area contributed by atoms with E-state index in [2.05, 4.69) is 26.3 Å². The van der Waals surface area contributed by atoms with Gasteiger partial charge in [0.1, 0.15) is 35.8 Å². The van der Waals surface area contributed by atoms with E-state index in [1.165, 1.54) is 6.92 Å². The number of guanidine groups is 1. The lowest BCUT2D eigenvalue weighted by atomic mass is 9.72. The minimum atomic E-state index is -1.45. The predicted octanol–water partition coefficient (Wildman–Crippen LogP) is -5.79. The molecule has 0 aromatic rings. The molecule has 44 heavy (non-hydrogen) atoms. The van der Waals surface area contributed by atoms with Gasteiger partial charge >= 0.3 is 0 Å². The molecule has 0 radical (unpaired) electrons. The third kappa shape index (κ3) is 7.97. The summed E-state index contributed by atoms with van der Waals surface area (Å²) < 4.78 is 18.3. The fourth-order valence-electron chi connectivity index (χ4n) is 6.54. The number of aliphatic hydroxyl groups is 4. The summed E-state index contributed by atoms with van der Waals surface area (Å²) in [5.41, 5.74) is 21.9. The molecule has 2 saturated heterocycles. The molecule has 1 aliphatic carbocycles. The number of carbonyl (C=O) groups is 1. The van der Waals surface area contributed by atoms with Crippen molar-refractivity contribution in [1.82, 2.24) is 21.3 Å². The van der Waals surface area contributed by atoms with Crippen LogP contribution in [-0.2, 0) is 19.0 Å². The van der Waals surface area contributed by atoms with Crippen molar-refractivity contribution >= 4 is 11.9 Å². The van der Waals surface area contributed by atoms with E-state index in [1.54, 1.807) is 7.05 Å². The van der Waals surface area contributed by atoms with Crippen molar-refractivity contribution in [2.45, 2.75) is 98.8 Å². The lowest BCUT2D eigenvalue weighted by Gasteiger charge is -2.51. The van der Waals surface area contributed by atoms with Gasteiger partial charge in [-0.25, -0.2) is 0 Å². The Labute approximate surface area is 257 Å². The SMILES string of the molecule is CNC1C(O)C(OC2C(NC(=O)C(O)CCN=C(N)N)CC(N)C(C3OC(CN)=CCC3NC3CNC3)C2O)OCC1(C)O. The van der Waals surface area contributed by atoms with E-state index in [4.69, 9.17) is 37.1 Å². The molecule has 252 valence electrons. The van der Waals surface area contributed by atoms with Crippen LogP contribution in [0.4, 0.5) is 0 Å². The second-order valence-corrected chi connectivity index (χ2v) is 12.4. The fourth-order valence-corrected chi connectivity index (χ4v) is 6.54. The number of ether oxygens (including phenoxy) is 3. The molecule has 12 unspecified atom stereocenters. The van der Waals surface area contributed by atoms with Gasteiger partial charge in [0.15, 0.2) is 12.2 Å². The van der Waals surface area contributed by atoms with Gasteiger partial charge in [0.25, 0.3) is 0 Å². The van der Waals surface area contributed by atoms with Gasteiger partial charge in [-0.15, -0.1) is 0 Å². The summed E-state index contributed by atoms with van der Waals surface area (Å²) in [6.07, 6.45) is -4.44. The molecule has 4 rings (SSSR count). The van der Waals surface area contributed by atoms with Crippen molar-refractivity contribution in [2.75, 3.05) is 39.8 Å². The second kappa shape index (κ2) is 15.0. The minimum Gasteiger partial charge on any atom is -0.492 e. The van der Waals surface area contributed by atoms with Crippen molar-refractivity contribution in [3.8, 4) is 0 Å². The lowest BCUT2D eigenvalue weighted by Crippen LogP contribution is -2.70. The normalized spacial score (nSPS) is 40.2. The van der Waals surface area contributed by atoms with E-state index >= 15 is 0 Å². The zero-order chi connectivity index (χ0) is 32.2. The Kier molecular flexibility index (Phi) is 11.8. The molecule has 17 heteroatoms. The summed E-state index contributed by atoms with van der Waals surface area (Å²) in [7, 11) is 1.59. The van der Waals surface area contributed by atoms with Crippen LogP contribution in [-0.4, -0.2) is 145 Å². The van der Waals surface area contributed by atoms with Crippen LogP contribution >= 0.6 is 0 Å². The number of nitrogens with one attached hydrogen (secondary N) is 4. The molecule has 0 aromatic carbocycles. The molecule has 1 saturated carbocycles. The van der Waals surface area contributed by atoms with E-state index in [0.29, 0.717) is 12.2 Å². The maximum absolute atomic E-state index is 13.0. The number of aliphatic imine (C=N–C) groups is 1. The summed E-state index contributed by atoms with van der Waals surface area (Å²) in [4.78, 5) is 16.8. The van der Waals surface area contributed by atoms with Gasteiger partial charge in [0.2, 0.25) is 5.91 Å². The summed E-state index contributed by atoms with van der Waals surface area (Å²) in [6.45, 7) is 3.17. The number of hydrogen-bond acceptors (Lipinski definition) is 14. The zero-order valence-electron chi connectivity index (χ0n) is 25.3. The Hall–Kier alpha value is -2.16. The highest BCUT2D eigenvalue weighted by Crippen LogP contribution is 2.37. The Bertz CT molecular complexity index is 1030. The summed E-state index contributed by atoms with van der Waals surface area (Å²) in [5.74, 6) is -0.985. The number of aliphatic hydroxyl groups excluding tert-OH is 3. The third-order valence-corrected chi connectivity index (χ3v) is 9.00. The van der Waals surface area contributed by atoms with Crippen LogP contribution in [0, 0.1) is 5.92 Å². The quantitative estimate of drug-likeness (QED) is 0.0707. The number of hydrogen-bond donors (Lipinski definition) is 12. The first kappa shape index (κ1) is 34.7. The van der Waals surface area contributed by atoms with E-state index < -0.39 is 72.4 Å². The molecule has 17 nitrogen and oxygen atoms in total.